The molecule has 0 bridgehead atoms. The van der Waals surface area contributed by atoms with Crippen molar-refractivity contribution in [3.8, 4) is 17.2 Å². The number of benzene rings is 3. The summed E-state index contributed by atoms with van der Waals surface area (Å²) in [6.45, 7) is 6.67. The van der Waals surface area contributed by atoms with Crippen molar-refractivity contribution in [2.24, 2.45) is 5.92 Å². The zero-order valence-corrected chi connectivity index (χ0v) is 20.0. The van der Waals surface area contributed by atoms with E-state index in [1.54, 1.807) is 24.1 Å². The summed E-state index contributed by atoms with van der Waals surface area (Å²) in [6.07, 6.45) is 0.185. The van der Waals surface area contributed by atoms with Crippen LogP contribution in [-0.2, 0) is 9.59 Å². The van der Waals surface area contributed by atoms with Crippen molar-refractivity contribution in [2.75, 3.05) is 23.9 Å². The first-order valence-corrected chi connectivity index (χ1v) is 11.5. The number of aryl methyl sites for hydroxylation is 1. The highest BCUT2D eigenvalue weighted by Gasteiger charge is 2.35. The first-order valence-electron chi connectivity index (χ1n) is 11.5. The number of methoxy groups -OCH3 is 1. The van der Waals surface area contributed by atoms with E-state index in [0.29, 0.717) is 23.9 Å². The largest absolute Gasteiger partial charge is 0.497 e. The van der Waals surface area contributed by atoms with E-state index in [1.807, 2.05) is 49.4 Å². The van der Waals surface area contributed by atoms with Crippen LogP contribution >= 0.6 is 0 Å². The van der Waals surface area contributed by atoms with E-state index < -0.39 is 5.92 Å². The lowest BCUT2D eigenvalue weighted by atomic mass is 10.0. The fourth-order valence-corrected chi connectivity index (χ4v) is 4.08. The van der Waals surface area contributed by atoms with Crippen LogP contribution in [0.15, 0.2) is 66.7 Å². The van der Waals surface area contributed by atoms with Crippen LogP contribution in [0, 0.1) is 12.8 Å². The molecule has 3 aromatic carbocycles. The zero-order valence-electron chi connectivity index (χ0n) is 20.0. The van der Waals surface area contributed by atoms with Crippen molar-refractivity contribution < 1.29 is 19.1 Å². The number of ether oxygens (including phenoxy) is 2. The number of hydrogen-bond acceptors (Lipinski definition) is 4. The first-order chi connectivity index (χ1) is 16.3. The van der Waals surface area contributed by atoms with Gasteiger partial charge in [-0.2, -0.15) is 0 Å². The van der Waals surface area contributed by atoms with Gasteiger partial charge in [0.2, 0.25) is 11.8 Å². The van der Waals surface area contributed by atoms with Gasteiger partial charge < -0.3 is 19.7 Å². The molecule has 1 saturated heterocycles. The maximum absolute atomic E-state index is 12.8. The Labute approximate surface area is 200 Å². The minimum absolute atomic E-state index is 0.0619. The monoisotopic (exact) mass is 458 g/mol. The Morgan fingerprint density at radius 3 is 2.32 bits per heavy atom. The molecule has 34 heavy (non-hydrogen) atoms. The summed E-state index contributed by atoms with van der Waals surface area (Å²) in [6, 6.07) is 20.8. The number of nitrogens with zero attached hydrogens (tertiary/aromatic N) is 1. The topological polar surface area (TPSA) is 67.9 Å². The molecule has 0 radical (unpaired) electrons. The normalized spacial score (nSPS) is 15.5. The molecule has 6 heteroatoms. The summed E-state index contributed by atoms with van der Waals surface area (Å²) < 4.78 is 11.3. The first kappa shape index (κ1) is 23.4. The van der Waals surface area contributed by atoms with Crippen LogP contribution in [0.5, 0.6) is 17.2 Å². The van der Waals surface area contributed by atoms with E-state index in [0.717, 1.165) is 28.3 Å². The van der Waals surface area contributed by atoms with Gasteiger partial charge in [-0.05, 0) is 78.6 Å². The molecule has 1 aliphatic rings. The highest BCUT2D eigenvalue weighted by molar-refractivity contribution is 6.03. The molecular weight excluding hydrogens is 428 g/mol. The zero-order chi connectivity index (χ0) is 24.2. The van der Waals surface area contributed by atoms with Gasteiger partial charge in [0.05, 0.1) is 13.0 Å². The molecule has 0 saturated carbocycles. The molecule has 1 atom stereocenters. The van der Waals surface area contributed by atoms with Gasteiger partial charge in [0.25, 0.3) is 0 Å². The Bertz CT molecular complexity index is 1170. The van der Waals surface area contributed by atoms with Gasteiger partial charge in [0.15, 0.2) is 0 Å². The average molecular weight is 459 g/mol. The number of hydrogen-bond donors (Lipinski definition) is 1. The highest BCUT2D eigenvalue weighted by atomic mass is 16.5. The summed E-state index contributed by atoms with van der Waals surface area (Å²) in [4.78, 5) is 27.0. The fourth-order valence-electron chi connectivity index (χ4n) is 4.08. The van der Waals surface area contributed by atoms with E-state index in [9.17, 15) is 9.59 Å². The van der Waals surface area contributed by atoms with Gasteiger partial charge >= 0.3 is 0 Å². The lowest BCUT2D eigenvalue weighted by Crippen LogP contribution is -2.28. The summed E-state index contributed by atoms with van der Waals surface area (Å²) in [5.74, 6) is 1.97. The molecular formula is C28H30N2O4. The van der Waals surface area contributed by atoms with E-state index in [-0.39, 0.29) is 18.2 Å². The second-order valence-electron chi connectivity index (χ2n) is 8.92. The number of anilines is 2. The summed E-state index contributed by atoms with van der Waals surface area (Å²) in [7, 11) is 1.60. The summed E-state index contributed by atoms with van der Waals surface area (Å²) in [5.41, 5.74) is 3.72. The summed E-state index contributed by atoms with van der Waals surface area (Å²) >= 11 is 0. The van der Waals surface area contributed by atoms with E-state index in [2.05, 4.69) is 31.3 Å². The third-order valence-electron chi connectivity index (χ3n) is 6.02. The Morgan fingerprint density at radius 1 is 1.00 bits per heavy atom. The Hall–Kier alpha value is -3.80. The molecule has 1 aliphatic heterocycles. The van der Waals surface area contributed by atoms with Gasteiger partial charge in [-0.15, -0.1) is 0 Å². The molecule has 176 valence electrons. The standard InChI is InChI=1S/C28H30N2O4/c1-18(2)25-14-5-19(3)15-26(25)34-24-10-6-21(7-11-24)29-28(32)20-16-27(31)30(17-20)22-8-12-23(33-4)13-9-22/h5-15,18,20H,16-17H2,1-4H3,(H,29,32)/t20-/m1/s1. The van der Waals surface area contributed by atoms with Crippen molar-refractivity contribution in [2.45, 2.75) is 33.1 Å². The van der Waals surface area contributed by atoms with Gasteiger partial charge in [-0.25, -0.2) is 0 Å². The SMILES string of the molecule is COc1ccc(N2C[C@H](C(=O)Nc3ccc(Oc4cc(C)ccc4C(C)C)cc3)CC2=O)cc1. The highest BCUT2D eigenvalue weighted by Crippen LogP contribution is 2.32. The molecule has 0 unspecified atom stereocenters. The second kappa shape index (κ2) is 10.00. The Morgan fingerprint density at radius 2 is 1.68 bits per heavy atom. The third kappa shape index (κ3) is 5.22. The molecule has 2 amide bonds. The van der Waals surface area contributed by atoms with Gasteiger partial charge in [0, 0.05) is 24.3 Å². The molecule has 0 aliphatic carbocycles. The number of rotatable bonds is 7. The predicted octanol–water partition coefficient (Wildman–Crippen LogP) is 5.91. The number of carbonyl (C=O) groups excluding carboxylic acids is 2. The quantitative estimate of drug-likeness (QED) is 0.478. The smallest absolute Gasteiger partial charge is 0.229 e. The minimum Gasteiger partial charge on any atom is -0.497 e. The molecule has 1 heterocycles. The number of carbonyl (C=O) groups is 2. The van der Waals surface area contributed by atoms with Crippen LogP contribution in [0.3, 0.4) is 0 Å². The molecule has 6 nitrogen and oxygen atoms in total. The van der Waals surface area contributed by atoms with E-state index in [4.69, 9.17) is 9.47 Å². The molecule has 1 N–H and O–H groups in total. The Balaban J connectivity index is 1.38. The maximum Gasteiger partial charge on any atom is 0.229 e. The van der Waals surface area contributed by atoms with Crippen LogP contribution in [0.25, 0.3) is 0 Å². The number of amides is 2. The molecule has 0 spiro atoms. The maximum atomic E-state index is 12.8. The predicted molar refractivity (Wildman–Crippen MR) is 134 cm³/mol. The molecule has 0 aromatic heterocycles. The summed E-state index contributed by atoms with van der Waals surface area (Å²) in [5, 5.41) is 2.93. The van der Waals surface area contributed by atoms with Crippen LogP contribution in [0.4, 0.5) is 11.4 Å². The lowest BCUT2D eigenvalue weighted by Gasteiger charge is -2.17. The third-order valence-corrected chi connectivity index (χ3v) is 6.02. The molecule has 3 aromatic rings. The molecule has 1 fully saturated rings. The minimum atomic E-state index is -0.411. The molecule has 4 rings (SSSR count). The van der Waals surface area contributed by atoms with Crippen molar-refractivity contribution >= 4 is 23.2 Å². The van der Waals surface area contributed by atoms with Crippen molar-refractivity contribution in [3.05, 3.63) is 77.9 Å². The lowest BCUT2D eigenvalue weighted by molar-refractivity contribution is -0.122. The van der Waals surface area contributed by atoms with Crippen LogP contribution in [0.1, 0.15) is 37.3 Å². The van der Waals surface area contributed by atoms with E-state index in [1.165, 1.54) is 0 Å². The van der Waals surface area contributed by atoms with Crippen molar-refractivity contribution in [3.63, 3.8) is 0 Å². The van der Waals surface area contributed by atoms with Gasteiger partial charge in [-0.1, -0.05) is 26.0 Å². The van der Waals surface area contributed by atoms with Crippen LogP contribution in [-0.4, -0.2) is 25.5 Å². The van der Waals surface area contributed by atoms with Crippen molar-refractivity contribution in [1.82, 2.24) is 0 Å². The second-order valence-corrected chi connectivity index (χ2v) is 8.92. The van der Waals surface area contributed by atoms with E-state index >= 15 is 0 Å². The average Bonchev–Trinajstić information content (AvgIpc) is 3.22. The van der Waals surface area contributed by atoms with Crippen molar-refractivity contribution in [1.29, 1.82) is 0 Å². The Kier molecular flexibility index (Phi) is 6.87. The van der Waals surface area contributed by atoms with Crippen LogP contribution in [0.2, 0.25) is 0 Å². The van der Waals surface area contributed by atoms with Gasteiger partial charge in [-0.3, -0.25) is 9.59 Å². The van der Waals surface area contributed by atoms with Gasteiger partial charge in [0.1, 0.15) is 17.2 Å². The number of nitrogens with one attached hydrogen (secondary N) is 1. The fraction of sp³-hybridized carbons (Fsp3) is 0.286. The van der Waals surface area contributed by atoms with Crippen LogP contribution < -0.4 is 19.7 Å².